The van der Waals surface area contributed by atoms with Crippen LogP contribution >= 0.6 is 15.9 Å². The van der Waals surface area contributed by atoms with Gasteiger partial charge in [0.05, 0.1) is 12.2 Å². The van der Waals surface area contributed by atoms with Gasteiger partial charge >= 0.3 is 5.97 Å². The normalized spacial score (nSPS) is 10.9. The Morgan fingerprint density at radius 2 is 1.86 bits per heavy atom. The number of hydrogen-bond acceptors (Lipinski definition) is 5. The lowest BCUT2D eigenvalue weighted by Gasteiger charge is -2.14. The molecule has 7 nitrogen and oxygen atoms in total. The molecule has 0 heterocycles. The quantitative estimate of drug-likeness (QED) is 0.263. The van der Waals surface area contributed by atoms with E-state index < -0.39 is 11.9 Å². The SMILES string of the molecule is CCOc1cc(/C=C(/C#N)C(=O)Nc2cccc(C(=O)O)c2)c(Br)cc1OCc1ccccc1F. The summed E-state index contributed by atoms with van der Waals surface area (Å²) in [5.41, 5.74) is 0.874. The molecule has 0 saturated heterocycles. The van der Waals surface area contributed by atoms with Gasteiger partial charge in [0.25, 0.3) is 5.91 Å². The molecule has 0 aliphatic carbocycles. The van der Waals surface area contributed by atoms with Gasteiger partial charge in [-0.1, -0.05) is 40.2 Å². The topological polar surface area (TPSA) is 109 Å². The molecule has 0 saturated carbocycles. The summed E-state index contributed by atoms with van der Waals surface area (Å²) in [5.74, 6) is -1.53. The maximum absolute atomic E-state index is 13.9. The summed E-state index contributed by atoms with van der Waals surface area (Å²) in [6.07, 6.45) is 1.36. The van der Waals surface area contributed by atoms with Gasteiger partial charge < -0.3 is 19.9 Å². The average Bonchev–Trinajstić information content (AvgIpc) is 2.84. The van der Waals surface area contributed by atoms with Gasteiger partial charge in [0.15, 0.2) is 11.5 Å². The molecule has 0 aromatic heterocycles. The van der Waals surface area contributed by atoms with Crippen LogP contribution in [0.4, 0.5) is 10.1 Å². The number of benzene rings is 3. The lowest BCUT2D eigenvalue weighted by Crippen LogP contribution is -2.14. The fourth-order valence-corrected chi connectivity index (χ4v) is 3.48. The highest BCUT2D eigenvalue weighted by molar-refractivity contribution is 9.10. The molecule has 3 rings (SSSR count). The number of carboxylic acid groups (broad SMARTS) is 1. The Bertz CT molecular complexity index is 1330. The Balaban J connectivity index is 1.86. The van der Waals surface area contributed by atoms with Crippen molar-refractivity contribution in [3.63, 3.8) is 0 Å². The van der Waals surface area contributed by atoms with Gasteiger partial charge in [-0.3, -0.25) is 4.79 Å². The predicted octanol–water partition coefficient (Wildman–Crippen LogP) is 5.81. The van der Waals surface area contributed by atoms with E-state index in [4.69, 9.17) is 14.6 Å². The maximum Gasteiger partial charge on any atom is 0.335 e. The summed E-state index contributed by atoms with van der Waals surface area (Å²) in [5, 5.41) is 21.2. The molecular formula is C26H20BrFN2O5. The van der Waals surface area contributed by atoms with Crippen LogP contribution < -0.4 is 14.8 Å². The number of nitrogens with one attached hydrogen (secondary N) is 1. The zero-order chi connectivity index (χ0) is 25.4. The molecule has 9 heteroatoms. The first kappa shape index (κ1) is 25.5. The van der Waals surface area contributed by atoms with Crippen LogP contribution in [0.5, 0.6) is 11.5 Å². The molecule has 0 spiro atoms. The molecule has 0 unspecified atom stereocenters. The van der Waals surface area contributed by atoms with Crippen molar-refractivity contribution in [3.8, 4) is 17.6 Å². The van der Waals surface area contributed by atoms with Crippen molar-refractivity contribution < 1.29 is 28.6 Å². The van der Waals surface area contributed by atoms with E-state index in [0.29, 0.717) is 33.7 Å². The van der Waals surface area contributed by atoms with Gasteiger partial charge in [-0.2, -0.15) is 5.26 Å². The van der Waals surface area contributed by atoms with Crippen LogP contribution in [-0.2, 0) is 11.4 Å². The third-order valence-electron chi connectivity index (χ3n) is 4.74. The van der Waals surface area contributed by atoms with Crippen LogP contribution in [0.1, 0.15) is 28.4 Å². The monoisotopic (exact) mass is 538 g/mol. The number of nitriles is 1. The van der Waals surface area contributed by atoms with Crippen LogP contribution in [0.2, 0.25) is 0 Å². The van der Waals surface area contributed by atoms with Gasteiger partial charge in [0.2, 0.25) is 0 Å². The van der Waals surface area contributed by atoms with E-state index in [0.717, 1.165) is 0 Å². The number of ether oxygens (including phenoxy) is 2. The minimum Gasteiger partial charge on any atom is -0.490 e. The second-order valence-corrected chi connectivity index (χ2v) is 8.00. The molecule has 2 N–H and O–H groups in total. The zero-order valence-corrected chi connectivity index (χ0v) is 20.1. The van der Waals surface area contributed by atoms with Crippen molar-refractivity contribution in [1.82, 2.24) is 0 Å². The summed E-state index contributed by atoms with van der Waals surface area (Å²) in [6, 6.07) is 17.0. The first-order valence-electron chi connectivity index (χ1n) is 10.4. The first-order valence-corrected chi connectivity index (χ1v) is 11.2. The molecule has 0 atom stereocenters. The molecular weight excluding hydrogens is 519 g/mol. The third-order valence-corrected chi connectivity index (χ3v) is 5.42. The smallest absolute Gasteiger partial charge is 0.335 e. The molecule has 0 radical (unpaired) electrons. The van der Waals surface area contributed by atoms with Crippen LogP contribution in [0, 0.1) is 17.1 Å². The number of carboxylic acids is 1. The Morgan fingerprint density at radius 1 is 1.11 bits per heavy atom. The number of halogens is 2. The Hall–Kier alpha value is -4.16. The van der Waals surface area contributed by atoms with E-state index in [2.05, 4.69) is 21.2 Å². The van der Waals surface area contributed by atoms with Gasteiger partial charge in [-0.15, -0.1) is 0 Å². The van der Waals surface area contributed by atoms with Gasteiger partial charge in [-0.05, 0) is 55.0 Å². The molecule has 0 bridgehead atoms. The number of hydrogen-bond donors (Lipinski definition) is 2. The van der Waals surface area contributed by atoms with Crippen molar-refractivity contribution >= 4 is 39.6 Å². The highest BCUT2D eigenvalue weighted by atomic mass is 79.9. The summed E-state index contributed by atoms with van der Waals surface area (Å²) < 4.78 is 25.9. The number of nitrogens with zero attached hydrogens (tertiary/aromatic N) is 1. The van der Waals surface area contributed by atoms with Gasteiger partial charge in [0, 0.05) is 15.7 Å². The van der Waals surface area contributed by atoms with Crippen LogP contribution in [0.3, 0.4) is 0 Å². The summed E-state index contributed by atoms with van der Waals surface area (Å²) in [7, 11) is 0. The number of carbonyl (C=O) groups excluding carboxylic acids is 1. The van der Waals surface area contributed by atoms with Gasteiger partial charge in [0.1, 0.15) is 24.1 Å². The second-order valence-electron chi connectivity index (χ2n) is 7.14. The number of aromatic carboxylic acids is 1. The molecule has 3 aromatic carbocycles. The van der Waals surface area contributed by atoms with Gasteiger partial charge in [-0.25, -0.2) is 9.18 Å². The van der Waals surface area contributed by atoms with E-state index in [1.54, 1.807) is 37.3 Å². The molecule has 1 amide bonds. The minimum absolute atomic E-state index is 0.000334. The zero-order valence-electron chi connectivity index (χ0n) is 18.5. The van der Waals surface area contributed by atoms with Crippen molar-refractivity contribution in [3.05, 3.63) is 93.2 Å². The highest BCUT2D eigenvalue weighted by Gasteiger charge is 2.15. The fourth-order valence-electron chi connectivity index (χ4n) is 3.05. The largest absolute Gasteiger partial charge is 0.490 e. The van der Waals surface area contributed by atoms with Crippen molar-refractivity contribution in [2.24, 2.45) is 0 Å². The van der Waals surface area contributed by atoms with E-state index in [1.165, 1.54) is 36.4 Å². The molecule has 35 heavy (non-hydrogen) atoms. The standard InChI is InChI=1S/C26H20BrFN2O5/c1-2-34-23-12-18(21(27)13-24(23)35-15-17-6-3-4-9-22(17)28)10-19(14-29)25(31)30-20-8-5-7-16(11-20)26(32)33/h3-13H,2,15H2,1H3,(H,30,31)(H,32,33)/b19-10-. The number of rotatable bonds is 9. The summed E-state index contributed by atoms with van der Waals surface area (Å²) in [4.78, 5) is 23.8. The Morgan fingerprint density at radius 3 is 2.54 bits per heavy atom. The van der Waals surface area contributed by atoms with Crippen molar-refractivity contribution in [2.75, 3.05) is 11.9 Å². The van der Waals surface area contributed by atoms with Crippen molar-refractivity contribution in [1.29, 1.82) is 5.26 Å². The van der Waals surface area contributed by atoms with E-state index in [9.17, 15) is 19.2 Å². The van der Waals surface area contributed by atoms with Crippen LogP contribution in [0.15, 0.2) is 70.7 Å². The summed E-state index contributed by atoms with van der Waals surface area (Å²) in [6.45, 7) is 2.10. The second kappa shape index (κ2) is 11.8. The molecule has 0 aliphatic heterocycles. The van der Waals surface area contributed by atoms with Crippen LogP contribution in [0.25, 0.3) is 6.08 Å². The lowest BCUT2D eigenvalue weighted by molar-refractivity contribution is -0.112. The fraction of sp³-hybridized carbons (Fsp3) is 0.115. The first-order chi connectivity index (χ1) is 16.8. The lowest BCUT2D eigenvalue weighted by atomic mass is 10.1. The predicted molar refractivity (Wildman–Crippen MR) is 132 cm³/mol. The number of anilines is 1. The maximum atomic E-state index is 13.9. The van der Waals surface area contributed by atoms with E-state index in [1.807, 2.05) is 6.07 Å². The van der Waals surface area contributed by atoms with E-state index in [-0.39, 0.29) is 29.2 Å². The van der Waals surface area contributed by atoms with Crippen molar-refractivity contribution in [2.45, 2.75) is 13.5 Å². The molecule has 178 valence electrons. The third kappa shape index (κ3) is 6.68. The molecule has 0 fully saturated rings. The molecule has 0 aliphatic rings. The number of amides is 1. The van der Waals surface area contributed by atoms with E-state index >= 15 is 0 Å². The average molecular weight is 539 g/mol. The number of carbonyl (C=O) groups is 2. The molecule has 3 aromatic rings. The minimum atomic E-state index is -1.14. The Labute approximate surface area is 209 Å². The van der Waals surface area contributed by atoms with Crippen LogP contribution in [-0.4, -0.2) is 23.6 Å². The highest BCUT2D eigenvalue weighted by Crippen LogP contribution is 2.35. The Kier molecular flexibility index (Phi) is 8.59. The summed E-state index contributed by atoms with van der Waals surface area (Å²) >= 11 is 3.41.